The quantitative estimate of drug-likeness (QED) is 0.736. The third-order valence-corrected chi connectivity index (χ3v) is 3.62. The molecule has 2 rings (SSSR count). The van der Waals surface area contributed by atoms with E-state index in [1.165, 1.54) is 18.2 Å². The Morgan fingerprint density at radius 3 is 2.38 bits per heavy atom. The summed E-state index contributed by atoms with van der Waals surface area (Å²) in [5.41, 5.74) is 1.75. The van der Waals surface area contributed by atoms with Crippen LogP contribution in [0.2, 0.25) is 10.0 Å². The molecular weight excluding hydrogens is 379 g/mol. The number of carbonyl (C=O) groups excluding carboxylic acids is 3. The van der Waals surface area contributed by atoms with Crippen LogP contribution in [0.1, 0.15) is 15.9 Å². The fourth-order valence-corrected chi connectivity index (χ4v) is 2.59. The van der Waals surface area contributed by atoms with Gasteiger partial charge in [0, 0.05) is 21.3 Å². The third kappa shape index (κ3) is 6.38. The smallest absolute Gasteiger partial charge is 0.325 e. The zero-order valence-corrected chi connectivity index (χ0v) is 15.4. The first kappa shape index (κ1) is 19.8. The molecule has 0 atom stereocenters. The Balaban J connectivity index is 1.75. The maximum absolute atomic E-state index is 11.9. The Hall–Kier alpha value is -2.57. The van der Waals surface area contributed by atoms with E-state index in [-0.39, 0.29) is 6.54 Å². The number of carbonyl (C=O) groups is 3. The molecule has 26 heavy (non-hydrogen) atoms. The van der Waals surface area contributed by atoms with Gasteiger partial charge in [0.05, 0.1) is 0 Å². The molecule has 0 unspecified atom stereocenters. The van der Waals surface area contributed by atoms with Gasteiger partial charge in [0.1, 0.15) is 6.54 Å². The summed E-state index contributed by atoms with van der Waals surface area (Å²) in [6, 6.07) is 11.5. The molecule has 0 heterocycles. The van der Waals surface area contributed by atoms with Gasteiger partial charge in [-0.15, -0.1) is 0 Å². The van der Waals surface area contributed by atoms with Crippen molar-refractivity contribution in [1.29, 1.82) is 0 Å². The molecule has 0 spiro atoms. The second-order valence-corrected chi connectivity index (χ2v) is 6.29. The van der Waals surface area contributed by atoms with Gasteiger partial charge < -0.3 is 15.4 Å². The van der Waals surface area contributed by atoms with Crippen molar-refractivity contribution in [1.82, 2.24) is 5.32 Å². The lowest BCUT2D eigenvalue weighted by Crippen LogP contribution is -2.32. The van der Waals surface area contributed by atoms with Gasteiger partial charge >= 0.3 is 5.97 Å². The van der Waals surface area contributed by atoms with Gasteiger partial charge in [-0.2, -0.15) is 0 Å². The van der Waals surface area contributed by atoms with Gasteiger partial charge in [-0.3, -0.25) is 14.4 Å². The highest BCUT2D eigenvalue weighted by Gasteiger charge is 2.11. The van der Waals surface area contributed by atoms with E-state index in [2.05, 4.69) is 10.6 Å². The number of hydrogen-bond acceptors (Lipinski definition) is 4. The monoisotopic (exact) mass is 394 g/mol. The van der Waals surface area contributed by atoms with Crippen molar-refractivity contribution >= 4 is 46.7 Å². The van der Waals surface area contributed by atoms with Crippen LogP contribution in [0.4, 0.5) is 5.69 Å². The summed E-state index contributed by atoms with van der Waals surface area (Å²) in [5, 5.41) is 5.67. The van der Waals surface area contributed by atoms with E-state index < -0.39 is 24.4 Å². The number of aryl methyl sites for hydroxylation is 1. The van der Waals surface area contributed by atoms with Crippen molar-refractivity contribution in [2.75, 3.05) is 18.5 Å². The highest BCUT2D eigenvalue weighted by molar-refractivity contribution is 6.35. The van der Waals surface area contributed by atoms with Crippen LogP contribution >= 0.6 is 23.2 Å². The van der Waals surface area contributed by atoms with E-state index in [4.69, 9.17) is 27.9 Å². The summed E-state index contributed by atoms with van der Waals surface area (Å²) in [6.45, 7) is 1.02. The second kappa shape index (κ2) is 9.22. The molecule has 2 amide bonds. The molecule has 0 saturated carbocycles. The summed E-state index contributed by atoms with van der Waals surface area (Å²) < 4.78 is 4.81. The van der Waals surface area contributed by atoms with E-state index in [1.807, 2.05) is 13.0 Å². The zero-order chi connectivity index (χ0) is 19.1. The van der Waals surface area contributed by atoms with Crippen molar-refractivity contribution in [3.8, 4) is 0 Å². The van der Waals surface area contributed by atoms with E-state index >= 15 is 0 Å². The average Bonchev–Trinajstić information content (AvgIpc) is 2.57. The predicted octanol–water partition coefficient (Wildman–Crippen LogP) is 3.21. The minimum Gasteiger partial charge on any atom is -0.454 e. The molecule has 0 fully saturated rings. The molecule has 0 radical (unpaired) electrons. The van der Waals surface area contributed by atoms with Crippen molar-refractivity contribution < 1.29 is 19.1 Å². The van der Waals surface area contributed by atoms with Crippen LogP contribution in [0.15, 0.2) is 42.5 Å². The van der Waals surface area contributed by atoms with Crippen LogP contribution in [-0.4, -0.2) is 30.9 Å². The Kier molecular flexibility index (Phi) is 7.00. The average molecular weight is 395 g/mol. The summed E-state index contributed by atoms with van der Waals surface area (Å²) >= 11 is 11.7. The molecule has 2 N–H and O–H groups in total. The van der Waals surface area contributed by atoms with E-state index in [9.17, 15) is 14.4 Å². The van der Waals surface area contributed by atoms with E-state index in [0.717, 1.165) is 5.56 Å². The first-order chi connectivity index (χ1) is 12.3. The van der Waals surface area contributed by atoms with Crippen molar-refractivity contribution in [2.45, 2.75) is 6.92 Å². The van der Waals surface area contributed by atoms with E-state index in [0.29, 0.717) is 21.3 Å². The van der Waals surface area contributed by atoms with Crippen LogP contribution in [0.5, 0.6) is 0 Å². The van der Waals surface area contributed by atoms with Crippen LogP contribution in [-0.2, 0) is 14.3 Å². The largest absolute Gasteiger partial charge is 0.454 e. The van der Waals surface area contributed by atoms with Gasteiger partial charge in [-0.1, -0.05) is 40.9 Å². The lowest BCUT2D eigenvalue weighted by atomic mass is 10.1. The molecule has 2 aromatic carbocycles. The van der Waals surface area contributed by atoms with Crippen LogP contribution in [0, 0.1) is 6.92 Å². The maximum atomic E-state index is 11.9. The normalized spacial score (nSPS) is 10.1. The molecule has 0 aromatic heterocycles. The molecule has 0 aliphatic rings. The standard InChI is InChI=1S/C18H16Cl2N2O4/c1-11-3-2-4-12(5-11)18(25)21-9-17(24)26-10-16(23)22-15-7-13(19)6-14(20)8-15/h2-8H,9-10H2,1H3,(H,21,25)(H,22,23). The number of nitrogens with one attached hydrogen (secondary N) is 2. The molecule has 6 nitrogen and oxygen atoms in total. The predicted molar refractivity (Wildman–Crippen MR) is 99.6 cm³/mol. The first-order valence-electron chi connectivity index (χ1n) is 7.60. The van der Waals surface area contributed by atoms with Crippen LogP contribution < -0.4 is 10.6 Å². The van der Waals surface area contributed by atoms with Gasteiger partial charge in [0.25, 0.3) is 11.8 Å². The third-order valence-electron chi connectivity index (χ3n) is 3.18. The van der Waals surface area contributed by atoms with Gasteiger partial charge in [0.15, 0.2) is 6.61 Å². The van der Waals surface area contributed by atoms with E-state index in [1.54, 1.807) is 18.2 Å². The SMILES string of the molecule is Cc1cccc(C(=O)NCC(=O)OCC(=O)Nc2cc(Cl)cc(Cl)c2)c1. The Morgan fingerprint density at radius 2 is 1.73 bits per heavy atom. The van der Waals surface area contributed by atoms with Crippen molar-refractivity contribution in [3.05, 3.63) is 63.6 Å². The van der Waals surface area contributed by atoms with Gasteiger partial charge in [-0.25, -0.2) is 0 Å². The minimum atomic E-state index is -0.731. The van der Waals surface area contributed by atoms with Crippen LogP contribution in [0.3, 0.4) is 0 Å². The highest BCUT2D eigenvalue weighted by atomic mass is 35.5. The van der Waals surface area contributed by atoms with Crippen molar-refractivity contribution in [2.24, 2.45) is 0 Å². The molecular formula is C18H16Cl2N2O4. The second-order valence-electron chi connectivity index (χ2n) is 5.42. The fourth-order valence-electron chi connectivity index (χ4n) is 2.06. The summed E-state index contributed by atoms with van der Waals surface area (Å²) in [5.74, 6) is -1.68. The first-order valence-corrected chi connectivity index (χ1v) is 8.35. The lowest BCUT2D eigenvalue weighted by molar-refractivity contribution is -0.146. The topological polar surface area (TPSA) is 84.5 Å². The minimum absolute atomic E-state index is 0.344. The molecule has 0 aliphatic heterocycles. The number of amides is 2. The number of hydrogen-bond donors (Lipinski definition) is 2. The molecule has 2 aromatic rings. The Labute approximate surface area is 160 Å². The lowest BCUT2D eigenvalue weighted by Gasteiger charge is -2.08. The molecule has 0 aliphatic carbocycles. The number of benzene rings is 2. The summed E-state index contributed by atoms with van der Waals surface area (Å²) in [4.78, 5) is 35.3. The summed E-state index contributed by atoms with van der Waals surface area (Å²) in [6.07, 6.45) is 0. The number of anilines is 1. The number of halogens is 2. The Bertz CT molecular complexity index is 819. The Morgan fingerprint density at radius 1 is 1.04 bits per heavy atom. The maximum Gasteiger partial charge on any atom is 0.325 e. The van der Waals surface area contributed by atoms with Gasteiger partial charge in [-0.05, 0) is 37.3 Å². The van der Waals surface area contributed by atoms with Gasteiger partial charge in [0.2, 0.25) is 0 Å². The fraction of sp³-hybridized carbons (Fsp3) is 0.167. The molecule has 0 saturated heterocycles. The number of rotatable bonds is 6. The molecule has 136 valence electrons. The highest BCUT2D eigenvalue weighted by Crippen LogP contribution is 2.22. The van der Waals surface area contributed by atoms with Crippen LogP contribution in [0.25, 0.3) is 0 Å². The summed E-state index contributed by atoms with van der Waals surface area (Å²) in [7, 11) is 0. The van der Waals surface area contributed by atoms with Crippen molar-refractivity contribution in [3.63, 3.8) is 0 Å². The molecule has 8 heteroatoms. The number of ether oxygens (including phenoxy) is 1. The molecule has 0 bridgehead atoms. The zero-order valence-electron chi connectivity index (χ0n) is 13.8. The number of esters is 1.